The summed E-state index contributed by atoms with van der Waals surface area (Å²) in [6, 6.07) is 14.2. The normalized spacial score (nSPS) is 15.0. The lowest BCUT2D eigenvalue weighted by molar-refractivity contribution is -0.125. The maximum absolute atomic E-state index is 12.9. The number of anilines is 3. The molecule has 0 aromatic heterocycles. The van der Waals surface area contributed by atoms with Crippen LogP contribution in [-0.4, -0.2) is 29.7 Å². The van der Waals surface area contributed by atoms with Gasteiger partial charge in [-0.1, -0.05) is 24.3 Å². The maximum atomic E-state index is 12.9. The number of rotatable bonds is 4. The van der Waals surface area contributed by atoms with Crippen LogP contribution in [0.4, 0.5) is 17.1 Å². The van der Waals surface area contributed by atoms with Crippen LogP contribution in [0.3, 0.4) is 0 Å². The second-order valence-electron chi connectivity index (χ2n) is 6.75. The van der Waals surface area contributed by atoms with E-state index >= 15 is 0 Å². The Bertz CT molecular complexity index is 889. The third kappa shape index (κ3) is 3.18. The molecule has 2 amide bonds. The third-order valence-corrected chi connectivity index (χ3v) is 4.47. The number of fused-ring (bicyclic) bond motifs is 1. The number of ketones is 1. The Kier molecular flexibility index (Phi) is 4.50. The molecule has 0 spiro atoms. The highest BCUT2D eigenvalue weighted by Crippen LogP contribution is 2.36. The van der Waals surface area contributed by atoms with Gasteiger partial charge in [0.1, 0.15) is 5.54 Å². The van der Waals surface area contributed by atoms with Crippen LogP contribution in [0.1, 0.15) is 31.1 Å². The lowest BCUT2D eigenvalue weighted by Crippen LogP contribution is -2.59. The van der Waals surface area contributed by atoms with Gasteiger partial charge in [0.2, 0.25) is 11.8 Å². The van der Waals surface area contributed by atoms with Gasteiger partial charge in [0, 0.05) is 11.3 Å². The average Bonchev–Trinajstić information content (AvgIpc) is 2.61. The fourth-order valence-electron chi connectivity index (χ4n) is 3.00. The highest BCUT2D eigenvalue weighted by Gasteiger charge is 2.43. The monoisotopic (exact) mass is 351 g/mol. The molecule has 3 rings (SSSR count). The summed E-state index contributed by atoms with van der Waals surface area (Å²) in [5.41, 5.74) is 1.53. The third-order valence-electron chi connectivity index (χ3n) is 4.47. The molecule has 0 bridgehead atoms. The molecular weight excluding hydrogens is 330 g/mol. The Morgan fingerprint density at radius 3 is 2.58 bits per heavy atom. The van der Waals surface area contributed by atoms with Gasteiger partial charge in [0.25, 0.3) is 0 Å². The van der Waals surface area contributed by atoms with E-state index in [1.54, 1.807) is 44.2 Å². The van der Waals surface area contributed by atoms with Crippen molar-refractivity contribution < 1.29 is 14.4 Å². The lowest BCUT2D eigenvalue weighted by Gasteiger charge is -2.42. The first-order valence-corrected chi connectivity index (χ1v) is 8.39. The minimum atomic E-state index is -1.01. The van der Waals surface area contributed by atoms with Crippen LogP contribution in [0, 0.1) is 0 Å². The SMILES string of the molecule is CC(=O)c1cccc(NCC(=O)N2c3ccccc3NC(=O)C2(C)C)c1. The summed E-state index contributed by atoms with van der Waals surface area (Å²) in [4.78, 5) is 38.4. The molecule has 6 heteroatoms. The summed E-state index contributed by atoms with van der Waals surface area (Å²) >= 11 is 0. The number of nitrogens with one attached hydrogen (secondary N) is 2. The van der Waals surface area contributed by atoms with E-state index in [4.69, 9.17) is 0 Å². The molecule has 0 aliphatic carbocycles. The van der Waals surface area contributed by atoms with Gasteiger partial charge in [-0.2, -0.15) is 0 Å². The minimum Gasteiger partial charge on any atom is -0.376 e. The fourth-order valence-corrected chi connectivity index (χ4v) is 3.00. The van der Waals surface area contributed by atoms with Crippen molar-refractivity contribution in [3.05, 3.63) is 54.1 Å². The van der Waals surface area contributed by atoms with E-state index in [0.29, 0.717) is 22.6 Å². The van der Waals surface area contributed by atoms with E-state index in [9.17, 15) is 14.4 Å². The molecule has 26 heavy (non-hydrogen) atoms. The zero-order valence-corrected chi connectivity index (χ0v) is 15.0. The van der Waals surface area contributed by atoms with Crippen molar-refractivity contribution in [3.63, 3.8) is 0 Å². The van der Waals surface area contributed by atoms with Gasteiger partial charge < -0.3 is 10.6 Å². The molecule has 2 N–H and O–H groups in total. The van der Waals surface area contributed by atoms with Crippen LogP contribution in [0.15, 0.2) is 48.5 Å². The molecule has 0 unspecified atom stereocenters. The van der Waals surface area contributed by atoms with Gasteiger partial charge in [0.05, 0.1) is 17.9 Å². The second kappa shape index (κ2) is 6.63. The Morgan fingerprint density at radius 2 is 1.85 bits per heavy atom. The molecule has 0 atom stereocenters. The second-order valence-corrected chi connectivity index (χ2v) is 6.75. The highest BCUT2D eigenvalue weighted by atomic mass is 16.2. The summed E-state index contributed by atoms with van der Waals surface area (Å²) in [5.74, 6) is -0.503. The van der Waals surface area contributed by atoms with E-state index in [0.717, 1.165) is 0 Å². The summed E-state index contributed by atoms with van der Waals surface area (Å²) in [5, 5.41) is 5.88. The quantitative estimate of drug-likeness (QED) is 0.830. The Balaban J connectivity index is 1.83. The number of amides is 2. The molecule has 0 fully saturated rings. The summed E-state index contributed by atoms with van der Waals surface area (Å²) < 4.78 is 0. The van der Waals surface area contributed by atoms with Crippen molar-refractivity contribution in [2.75, 3.05) is 22.1 Å². The predicted octanol–water partition coefficient (Wildman–Crippen LogP) is 3.07. The van der Waals surface area contributed by atoms with Gasteiger partial charge in [-0.05, 0) is 45.0 Å². The zero-order valence-electron chi connectivity index (χ0n) is 15.0. The predicted molar refractivity (Wildman–Crippen MR) is 102 cm³/mol. The summed E-state index contributed by atoms with van der Waals surface area (Å²) in [6.07, 6.45) is 0. The highest BCUT2D eigenvalue weighted by molar-refractivity contribution is 6.14. The van der Waals surface area contributed by atoms with Crippen molar-refractivity contribution in [1.82, 2.24) is 0 Å². The van der Waals surface area contributed by atoms with Crippen molar-refractivity contribution in [2.45, 2.75) is 26.3 Å². The molecule has 1 aliphatic heterocycles. The summed E-state index contributed by atoms with van der Waals surface area (Å²) in [7, 11) is 0. The number of hydrogen-bond acceptors (Lipinski definition) is 4. The van der Waals surface area contributed by atoms with Crippen LogP contribution in [-0.2, 0) is 9.59 Å². The van der Waals surface area contributed by atoms with Crippen molar-refractivity contribution in [3.8, 4) is 0 Å². The summed E-state index contributed by atoms with van der Waals surface area (Å²) in [6.45, 7) is 4.93. The Morgan fingerprint density at radius 1 is 1.12 bits per heavy atom. The molecule has 1 aliphatic rings. The molecule has 0 saturated carbocycles. The Hall–Kier alpha value is -3.15. The molecule has 134 valence electrons. The van der Waals surface area contributed by atoms with Crippen LogP contribution in [0.25, 0.3) is 0 Å². The van der Waals surface area contributed by atoms with Gasteiger partial charge in [-0.25, -0.2) is 0 Å². The average molecular weight is 351 g/mol. The van der Waals surface area contributed by atoms with E-state index in [1.165, 1.54) is 11.8 Å². The molecule has 0 radical (unpaired) electrons. The molecule has 0 saturated heterocycles. The fraction of sp³-hybridized carbons (Fsp3) is 0.250. The maximum Gasteiger partial charge on any atom is 0.250 e. The first-order valence-electron chi connectivity index (χ1n) is 8.39. The van der Waals surface area contributed by atoms with Crippen LogP contribution in [0.5, 0.6) is 0 Å². The molecule has 6 nitrogen and oxygen atoms in total. The van der Waals surface area contributed by atoms with Crippen molar-refractivity contribution in [2.24, 2.45) is 0 Å². The van der Waals surface area contributed by atoms with E-state index in [2.05, 4.69) is 10.6 Å². The number of benzene rings is 2. The van der Waals surface area contributed by atoms with Gasteiger partial charge in [-0.15, -0.1) is 0 Å². The van der Waals surface area contributed by atoms with Crippen LogP contribution < -0.4 is 15.5 Å². The van der Waals surface area contributed by atoms with E-state index < -0.39 is 5.54 Å². The molecular formula is C20H21N3O3. The van der Waals surface area contributed by atoms with Crippen molar-refractivity contribution >= 4 is 34.7 Å². The first kappa shape index (κ1) is 17.7. The number of Topliss-reactive ketones (excluding diaryl/α,β-unsaturated/α-hetero) is 1. The Labute approximate surface area is 152 Å². The number of hydrogen-bond donors (Lipinski definition) is 2. The topological polar surface area (TPSA) is 78.5 Å². The minimum absolute atomic E-state index is 0.00635. The number of carbonyl (C=O) groups excluding carboxylic acids is 3. The van der Waals surface area contributed by atoms with E-state index in [-0.39, 0.29) is 24.1 Å². The van der Waals surface area contributed by atoms with Crippen LogP contribution in [0.2, 0.25) is 0 Å². The van der Waals surface area contributed by atoms with Gasteiger partial charge in [-0.3, -0.25) is 19.3 Å². The lowest BCUT2D eigenvalue weighted by atomic mass is 9.96. The standard InChI is InChI=1S/C20H21N3O3/c1-13(24)14-7-6-8-15(11-14)21-12-18(25)23-17-10-5-4-9-16(17)22-19(26)20(23,2)3/h4-11,21H,12H2,1-3H3,(H,22,26). The molecule has 2 aromatic carbocycles. The van der Waals surface area contributed by atoms with E-state index in [1.807, 2.05) is 18.2 Å². The zero-order chi connectivity index (χ0) is 18.9. The first-order chi connectivity index (χ1) is 12.3. The molecule has 1 heterocycles. The number of para-hydroxylation sites is 2. The van der Waals surface area contributed by atoms with Crippen molar-refractivity contribution in [1.29, 1.82) is 0 Å². The number of carbonyl (C=O) groups is 3. The largest absolute Gasteiger partial charge is 0.376 e. The van der Waals surface area contributed by atoms with Crippen LogP contribution >= 0.6 is 0 Å². The number of nitrogens with zero attached hydrogens (tertiary/aromatic N) is 1. The van der Waals surface area contributed by atoms with Gasteiger partial charge in [0.15, 0.2) is 5.78 Å². The smallest absolute Gasteiger partial charge is 0.250 e. The van der Waals surface area contributed by atoms with Gasteiger partial charge >= 0.3 is 0 Å². The molecule has 2 aromatic rings.